The Morgan fingerprint density at radius 3 is 2.94 bits per heavy atom. The van der Waals surface area contributed by atoms with Crippen molar-refractivity contribution in [2.24, 2.45) is 10.9 Å². The van der Waals surface area contributed by atoms with E-state index >= 15 is 0 Å². The number of nitrogens with zero attached hydrogens (tertiary/aromatic N) is 6. The summed E-state index contributed by atoms with van der Waals surface area (Å²) >= 11 is 0. The molecule has 0 aliphatic carbocycles. The van der Waals surface area contributed by atoms with Crippen molar-refractivity contribution in [3.05, 3.63) is 29.7 Å². The lowest BCUT2D eigenvalue weighted by molar-refractivity contribution is 0.318. The molecule has 0 saturated carbocycles. The van der Waals surface area contributed by atoms with E-state index in [0.717, 1.165) is 12.1 Å². The Kier molecular flexibility index (Phi) is 3.18. The third kappa shape index (κ3) is 2.26. The average molecular weight is 247 g/mol. The first-order chi connectivity index (χ1) is 8.63. The number of amidine groups is 1. The minimum absolute atomic E-state index is 0.143. The normalized spacial score (nSPS) is 11.8. The van der Waals surface area contributed by atoms with Gasteiger partial charge in [-0.1, -0.05) is 12.1 Å². The maximum absolute atomic E-state index is 8.54. The van der Waals surface area contributed by atoms with Crippen LogP contribution in [0.25, 0.3) is 5.82 Å². The molecule has 0 spiro atoms. The van der Waals surface area contributed by atoms with Crippen LogP contribution in [0.1, 0.15) is 24.3 Å². The van der Waals surface area contributed by atoms with E-state index in [9.17, 15) is 0 Å². The molecule has 0 unspecified atom stereocenters. The fraction of sp³-hybridized carbons (Fsp3) is 0.300. The predicted octanol–water partition coefficient (Wildman–Crippen LogP) is 0.0226. The van der Waals surface area contributed by atoms with E-state index in [0.29, 0.717) is 11.6 Å². The summed E-state index contributed by atoms with van der Waals surface area (Å²) < 4.78 is 1.46. The molecule has 8 nitrogen and oxygen atoms in total. The lowest BCUT2D eigenvalue weighted by atomic mass is 10.3. The first kappa shape index (κ1) is 12.0. The van der Waals surface area contributed by atoms with Crippen LogP contribution in [0, 0.1) is 6.92 Å². The zero-order valence-electron chi connectivity index (χ0n) is 10.1. The standard InChI is InChI=1S/C10H13N7O/c1-3-7-4-8(14-6(2)13-7)17-5-12-10(15-17)9(11)16-18/h4-5,18H,3H2,1-2H3,(H2,11,16). The summed E-state index contributed by atoms with van der Waals surface area (Å²) in [5.74, 6) is 1.26. The molecule has 0 atom stereocenters. The molecule has 0 aliphatic heterocycles. The van der Waals surface area contributed by atoms with Crippen molar-refractivity contribution in [1.29, 1.82) is 0 Å². The maximum atomic E-state index is 8.54. The number of hydrogen-bond donors (Lipinski definition) is 2. The predicted molar refractivity (Wildman–Crippen MR) is 63.6 cm³/mol. The van der Waals surface area contributed by atoms with Crippen LogP contribution in [0.15, 0.2) is 17.5 Å². The number of hydrogen-bond acceptors (Lipinski definition) is 6. The van der Waals surface area contributed by atoms with Gasteiger partial charge < -0.3 is 10.9 Å². The Hall–Kier alpha value is -2.51. The topological polar surface area (TPSA) is 115 Å². The lowest BCUT2D eigenvalue weighted by Crippen LogP contribution is -2.15. The van der Waals surface area contributed by atoms with Crippen LogP contribution in [0.3, 0.4) is 0 Å². The second kappa shape index (κ2) is 4.78. The highest BCUT2D eigenvalue weighted by Gasteiger charge is 2.09. The van der Waals surface area contributed by atoms with E-state index in [1.54, 1.807) is 0 Å². The molecule has 0 aromatic carbocycles. The Bertz CT molecular complexity index is 590. The molecule has 94 valence electrons. The van der Waals surface area contributed by atoms with Gasteiger partial charge in [0.25, 0.3) is 0 Å². The monoisotopic (exact) mass is 247 g/mol. The first-order valence-corrected chi connectivity index (χ1v) is 5.38. The highest BCUT2D eigenvalue weighted by Crippen LogP contribution is 2.06. The molecule has 0 saturated heterocycles. The molecule has 18 heavy (non-hydrogen) atoms. The summed E-state index contributed by atoms with van der Waals surface area (Å²) in [4.78, 5) is 12.5. The largest absolute Gasteiger partial charge is 0.409 e. The smallest absolute Gasteiger partial charge is 0.220 e. The quantitative estimate of drug-likeness (QED) is 0.342. The van der Waals surface area contributed by atoms with Crippen molar-refractivity contribution in [3.8, 4) is 5.82 Å². The van der Waals surface area contributed by atoms with Crippen LogP contribution in [-0.2, 0) is 6.42 Å². The van der Waals surface area contributed by atoms with Gasteiger partial charge in [-0.2, -0.15) is 0 Å². The lowest BCUT2D eigenvalue weighted by Gasteiger charge is -2.03. The molecule has 2 rings (SSSR count). The van der Waals surface area contributed by atoms with Gasteiger partial charge in [-0.25, -0.2) is 19.6 Å². The van der Waals surface area contributed by atoms with Crippen LogP contribution >= 0.6 is 0 Å². The van der Waals surface area contributed by atoms with Gasteiger partial charge in [0.2, 0.25) is 11.7 Å². The number of aromatic nitrogens is 5. The molecular weight excluding hydrogens is 234 g/mol. The highest BCUT2D eigenvalue weighted by molar-refractivity contribution is 5.93. The molecule has 2 aromatic heterocycles. The van der Waals surface area contributed by atoms with E-state index in [1.165, 1.54) is 11.0 Å². The van der Waals surface area contributed by atoms with Crippen LogP contribution < -0.4 is 5.73 Å². The van der Waals surface area contributed by atoms with Gasteiger partial charge in [0.05, 0.1) is 0 Å². The van der Waals surface area contributed by atoms with Crippen LogP contribution in [-0.4, -0.2) is 35.8 Å². The highest BCUT2D eigenvalue weighted by atomic mass is 16.4. The van der Waals surface area contributed by atoms with Gasteiger partial charge >= 0.3 is 0 Å². The number of oxime groups is 1. The van der Waals surface area contributed by atoms with Crippen molar-refractivity contribution in [1.82, 2.24) is 24.7 Å². The molecule has 0 amide bonds. The SMILES string of the molecule is CCc1cc(-n2cnc(C(N)=NO)n2)nc(C)n1. The minimum Gasteiger partial charge on any atom is -0.409 e. The van der Waals surface area contributed by atoms with Gasteiger partial charge in [0, 0.05) is 11.8 Å². The zero-order valence-corrected chi connectivity index (χ0v) is 10.1. The van der Waals surface area contributed by atoms with Gasteiger partial charge in [0.1, 0.15) is 12.2 Å². The Labute approximate surface area is 103 Å². The third-order valence-corrected chi connectivity index (χ3v) is 2.30. The molecule has 0 radical (unpaired) electrons. The summed E-state index contributed by atoms with van der Waals surface area (Å²) in [7, 11) is 0. The van der Waals surface area contributed by atoms with Crippen LogP contribution in [0.2, 0.25) is 0 Å². The van der Waals surface area contributed by atoms with E-state index in [-0.39, 0.29) is 11.7 Å². The van der Waals surface area contributed by atoms with Gasteiger partial charge in [-0.3, -0.25) is 0 Å². The number of aryl methyl sites for hydroxylation is 2. The number of nitrogens with two attached hydrogens (primary N) is 1. The number of rotatable bonds is 3. The molecular formula is C10H13N7O. The Balaban J connectivity index is 2.42. The Morgan fingerprint density at radius 2 is 2.28 bits per heavy atom. The van der Waals surface area contributed by atoms with E-state index in [1.807, 2.05) is 19.9 Å². The van der Waals surface area contributed by atoms with Crippen LogP contribution in [0.4, 0.5) is 0 Å². The van der Waals surface area contributed by atoms with Crippen molar-refractivity contribution < 1.29 is 5.21 Å². The van der Waals surface area contributed by atoms with Gasteiger partial charge in [-0.15, -0.1) is 5.10 Å². The van der Waals surface area contributed by atoms with Gasteiger partial charge in [0.15, 0.2) is 5.82 Å². The van der Waals surface area contributed by atoms with Crippen molar-refractivity contribution in [3.63, 3.8) is 0 Å². The summed E-state index contributed by atoms with van der Waals surface area (Å²) in [6.07, 6.45) is 2.26. The molecule has 0 fully saturated rings. The average Bonchev–Trinajstić information content (AvgIpc) is 2.86. The first-order valence-electron chi connectivity index (χ1n) is 5.38. The molecule has 2 aromatic rings. The Morgan fingerprint density at radius 1 is 1.50 bits per heavy atom. The second-order valence-corrected chi connectivity index (χ2v) is 3.62. The summed E-state index contributed by atoms with van der Waals surface area (Å²) in [6, 6.07) is 1.82. The summed E-state index contributed by atoms with van der Waals surface area (Å²) in [5, 5.41) is 15.5. The van der Waals surface area contributed by atoms with Crippen molar-refractivity contribution in [2.45, 2.75) is 20.3 Å². The summed E-state index contributed by atoms with van der Waals surface area (Å²) in [5.41, 5.74) is 6.32. The van der Waals surface area contributed by atoms with Crippen LogP contribution in [0.5, 0.6) is 0 Å². The maximum Gasteiger partial charge on any atom is 0.220 e. The fourth-order valence-corrected chi connectivity index (χ4v) is 1.45. The van der Waals surface area contributed by atoms with Gasteiger partial charge in [-0.05, 0) is 13.3 Å². The fourth-order valence-electron chi connectivity index (χ4n) is 1.45. The summed E-state index contributed by atoms with van der Waals surface area (Å²) in [6.45, 7) is 3.82. The second-order valence-electron chi connectivity index (χ2n) is 3.62. The molecule has 3 N–H and O–H groups in total. The van der Waals surface area contributed by atoms with Crippen molar-refractivity contribution >= 4 is 5.84 Å². The third-order valence-electron chi connectivity index (χ3n) is 2.30. The zero-order chi connectivity index (χ0) is 13.1. The molecule has 8 heteroatoms. The van der Waals surface area contributed by atoms with E-state index in [2.05, 4.69) is 25.2 Å². The molecule has 0 bridgehead atoms. The minimum atomic E-state index is -0.143. The van der Waals surface area contributed by atoms with E-state index in [4.69, 9.17) is 10.9 Å². The van der Waals surface area contributed by atoms with E-state index < -0.39 is 0 Å². The van der Waals surface area contributed by atoms with Crippen molar-refractivity contribution in [2.75, 3.05) is 0 Å². The molecule has 2 heterocycles. The molecule has 0 aliphatic rings.